The quantitative estimate of drug-likeness (QED) is 0.632. The van der Waals surface area contributed by atoms with Crippen molar-refractivity contribution in [3.63, 3.8) is 0 Å². The van der Waals surface area contributed by atoms with E-state index in [-0.39, 0.29) is 29.5 Å². The van der Waals surface area contributed by atoms with Gasteiger partial charge < -0.3 is 21.3 Å². The molecule has 28 heavy (non-hydrogen) atoms. The number of aromatic nitrogens is 3. The lowest BCUT2D eigenvalue weighted by molar-refractivity contribution is -0.129. The Hall–Kier alpha value is -3.01. The number of nitrogens with two attached hydrogens (primary N) is 1. The van der Waals surface area contributed by atoms with E-state index in [1.165, 1.54) is 23.8 Å². The number of carbonyl (C=O) groups excluding carboxylic acids is 2. The van der Waals surface area contributed by atoms with Crippen LogP contribution in [0.4, 0.5) is 16.6 Å². The first-order chi connectivity index (χ1) is 13.4. The number of nitrogens with one attached hydrogen (secondary N) is 2. The fourth-order valence-corrected chi connectivity index (χ4v) is 3.88. The van der Waals surface area contributed by atoms with Crippen LogP contribution in [-0.2, 0) is 4.79 Å². The van der Waals surface area contributed by atoms with Crippen molar-refractivity contribution in [3.8, 4) is 0 Å². The molecule has 0 aliphatic carbocycles. The maximum atomic E-state index is 12.0. The molecule has 0 radical (unpaired) electrons. The van der Waals surface area contributed by atoms with E-state index in [1.54, 1.807) is 4.90 Å². The summed E-state index contributed by atoms with van der Waals surface area (Å²) in [4.78, 5) is 34.2. The summed E-state index contributed by atoms with van der Waals surface area (Å²) >= 11 is 1.26. The van der Waals surface area contributed by atoms with E-state index in [0.29, 0.717) is 12.4 Å². The second-order valence-electron chi connectivity index (χ2n) is 6.64. The van der Waals surface area contributed by atoms with Crippen molar-refractivity contribution in [2.45, 2.75) is 38.8 Å². The molecule has 148 valence electrons. The molecule has 9 nitrogen and oxygen atoms in total. The molecule has 0 aromatic carbocycles. The average molecular weight is 401 g/mol. The van der Waals surface area contributed by atoms with Gasteiger partial charge in [0.25, 0.3) is 5.91 Å². The molecule has 10 heteroatoms. The Morgan fingerprint density at radius 3 is 2.89 bits per heavy atom. The van der Waals surface area contributed by atoms with Crippen LogP contribution in [0.1, 0.15) is 35.9 Å². The number of likely N-dealkylation sites (tertiary alicyclic amines) is 1. The smallest absolute Gasteiger partial charge is 0.271 e. The lowest BCUT2D eigenvalue weighted by Gasteiger charge is -2.39. The van der Waals surface area contributed by atoms with Crippen molar-refractivity contribution in [1.82, 2.24) is 19.2 Å². The van der Waals surface area contributed by atoms with Crippen LogP contribution in [0.5, 0.6) is 0 Å². The minimum absolute atomic E-state index is 0.00452. The highest BCUT2D eigenvalue weighted by Crippen LogP contribution is 2.25. The fraction of sp³-hybridized carbons (Fsp3) is 0.389. The van der Waals surface area contributed by atoms with Gasteiger partial charge in [0.05, 0.1) is 11.9 Å². The average Bonchev–Trinajstić information content (AvgIpc) is 3.07. The highest BCUT2D eigenvalue weighted by atomic mass is 32.1. The van der Waals surface area contributed by atoms with Crippen molar-refractivity contribution in [2.24, 2.45) is 5.73 Å². The molecule has 0 unspecified atom stereocenters. The zero-order valence-corrected chi connectivity index (χ0v) is 16.6. The molecule has 2 amide bonds. The fourth-order valence-electron chi connectivity index (χ4n) is 3.22. The molecule has 3 rings (SSSR count). The molecular weight excluding hydrogens is 378 g/mol. The van der Waals surface area contributed by atoms with Crippen LogP contribution in [0, 0.1) is 6.92 Å². The molecule has 1 aliphatic heterocycles. The van der Waals surface area contributed by atoms with Crippen LogP contribution in [0.2, 0.25) is 0 Å². The topological polar surface area (TPSA) is 126 Å². The summed E-state index contributed by atoms with van der Waals surface area (Å²) < 4.78 is 4.20. The normalized spacial score (nSPS) is 19.1. The van der Waals surface area contributed by atoms with Gasteiger partial charge in [0, 0.05) is 18.6 Å². The van der Waals surface area contributed by atoms with E-state index >= 15 is 0 Å². The van der Waals surface area contributed by atoms with Crippen LogP contribution in [0.3, 0.4) is 0 Å². The summed E-state index contributed by atoms with van der Waals surface area (Å²) in [5.41, 5.74) is 6.34. The first kappa shape index (κ1) is 19.7. The highest BCUT2D eigenvalue weighted by molar-refractivity contribution is 7.10. The summed E-state index contributed by atoms with van der Waals surface area (Å²) in [6.45, 7) is 8.14. The third-order valence-corrected chi connectivity index (χ3v) is 5.45. The molecule has 1 aliphatic rings. The summed E-state index contributed by atoms with van der Waals surface area (Å²) in [6, 6.07) is 1.82. The molecule has 2 aromatic rings. The lowest BCUT2D eigenvalue weighted by Crippen LogP contribution is -2.51. The van der Waals surface area contributed by atoms with Gasteiger partial charge in [-0.3, -0.25) is 9.59 Å². The predicted octanol–water partition coefficient (Wildman–Crippen LogP) is 2.06. The Labute approximate surface area is 167 Å². The minimum Gasteiger partial charge on any atom is -0.364 e. The third kappa shape index (κ3) is 4.28. The monoisotopic (exact) mass is 401 g/mol. The minimum atomic E-state index is -0.670. The number of rotatable bonds is 6. The van der Waals surface area contributed by atoms with Crippen LogP contribution in [0.25, 0.3) is 0 Å². The zero-order chi connectivity index (χ0) is 20.3. The Kier molecular flexibility index (Phi) is 5.88. The maximum absolute atomic E-state index is 12.0. The molecule has 0 bridgehead atoms. The first-order valence-corrected chi connectivity index (χ1v) is 9.73. The largest absolute Gasteiger partial charge is 0.364 e. The summed E-state index contributed by atoms with van der Waals surface area (Å²) in [5, 5.41) is 7.13. The van der Waals surface area contributed by atoms with Crippen molar-refractivity contribution in [2.75, 3.05) is 17.2 Å². The summed E-state index contributed by atoms with van der Waals surface area (Å²) in [5.74, 6) is 0.00998. The van der Waals surface area contributed by atoms with Crippen molar-refractivity contribution >= 4 is 40.0 Å². The Morgan fingerprint density at radius 2 is 2.25 bits per heavy atom. The molecule has 3 heterocycles. The van der Waals surface area contributed by atoms with Gasteiger partial charge >= 0.3 is 0 Å². The van der Waals surface area contributed by atoms with Crippen LogP contribution >= 0.6 is 11.5 Å². The lowest BCUT2D eigenvalue weighted by atomic mass is 9.97. The summed E-state index contributed by atoms with van der Waals surface area (Å²) in [6.07, 6.45) is 4.57. The molecule has 0 spiro atoms. The number of hydrogen-bond acceptors (Lipinski definition) is 8. The third-order valence-electron chi connectivity index (χ3n) is 4.65. The van der Waals surface area contributed by atoms with Crippen LogP contribution < -0.4 is 16.4 Å². The van der Waals surface area contributed by atoms with E-state index in [9.17, 15) is 9.59 Å². The van der Waals surface area contributed by atoms with Crippen LogP contribution in [-0.4, -0.2) is 49.7 Å². The van der Waals surface area contributed by atoms with Crippen LogP contribution in [0.15, 0.2) is 24.9 Å². The Balaban J connectivity index is 1.82. The molecular formula is C18H23N7O2S. The number of amides is 2. The number of hydrogen-bond donors (Lipinski definition) is 3. The first-order valence-electron chi connectivity index (χ1n) is 8.95. The van der Waals surface area contributed by atoms with E-state index in [2.05, 4.69) is 31.6 Å². The predicted molar refractivity (Wildman–Crippen MR) is 109 cm³/mol. The van der Waals surface area contributed by atoms with Gasteiger partial charge in [-0.15, -0.1) is 0 Å². The summed E-state index contributed by atoms with van der Waals surface area (Å²) in [7, 11) is 0. The van der Waals surface area contributed by atoms with Gasteiger partial charge in [-0.05, 0) is 50.4 Å². The second kappa shape index (κ2) is 8.34. The number of anilines is 3. The van der Waals surface area contributed by atoms with Gasteiger partial charge in [0.1, 0.15) is 10.8 Å². The van der Waals surface area contributed by atoms with Gasteiger partial charge in [-0.25, -0.2) is 9.97 Å². The highest BCUT2D eigenvalue weighted by Gasteiger charge is 2.30. The Morgan fingerprint density at radius 1 is 1.46 bits per heavy atom. The molecule has 4 N–H and O–H groups in total. The number of carbonyl (C=O) groups is 2. The Bertz CT molecular complexity index is 898. The van der Waals surface area contributed by atoms with Gasteiger partial charge in [0.2, 0.25) is 5.91 Å². The second-order valence-corrected chi connectivity index (χ2v) is 7.45. The number of primary amides is 1. The molecule has 2 aromatic heterocycles. The zero-order valence-electron chi connectivity index (χ0n) is 15.8. The SMILES string of the molecule is C=CC(=O)N1CCC[C@@H](Nc2cnc(C(N)=O)c(Nc3cc(C)ns3)n2)[C@H]1C. The van der Waals surface area contributed by atoms with Gasteiger partial charge in [-0.1, -0.05) is 6.58 Å². The van der Waals surface area contributed by atoms with Gasteiger partial charge in [-0.2, -0.15) is 4.37 Å². The maximum Gasteiger partial charge on any atom is 0.271 e. The van der Waals surface area contributed by atoms with Gasteiger partial charge in [0.15, 0.2) is 11.5 Å². The van der Waals surface area contributed by atoms with E-state index < -0.39 is 5.91 Å². The molecule has 1 saturated heterocycles. The van der Waals surface area contributed by atoms with E-state index in [0.717, 1.165) is 23.5 Å². The van der Waals surface area contributed by atoms with E-state index in [4.69, 9.17) is 5.73 Å². The standard InChI is InChI=1S/C18H23N7O2S/c1-4-15(26)25-7-5-6-12(11(25)3)21-13-9-20-16(17(19)27)18(22-13)23-14-8-10(2)24-28-14/h4,8-9,11-12H,1,5-7H2,2-3H3,(H2,19,27)(H2,21,22,23)/t11-,12-/m1/s1. The van der Waals surface area contributed by atoms with Crippen molar-refractivity contribution in [1.29, 1.82) is 0 Å². The van der Waals surface area contributed by atoms with Crippen molar-refractivity contribution < 1.29 is 9.59 Å². The number of piperidine rings is 1. The number of aryl methyl sites for hydroxylation is 1. The number of nitrogens with zero attached hydrogens (tertiary/aromatic N) is 4. The molecule has 2 atom stereocenters. The van der Waals surface area contributed by atoms with Crippen molar-refractivity contribution in [3.05, 3.63) is 36.3 Å². The molecule has 0 saturated carbocycles. The molecule has 1 fully saturated rings. The van der Waals surface area contributed by atoms with E-state index in [1.807, 2.05) is 19.9 Å².